The highest BCUT2D eigenvalue weighted by Gasteiger charge is 2.41. The molecule has 0 saturated heterocycles. The lowest BCUT2D eigenvalue weighted by Gasteiger charge is -2.14. The normalized spacial score (nSPS) is 16.9. The smallest absolute Gasteiger partial charge is 0.220 e. The van der Waals surface area contributed by atoms with E-state index in [2.05, 4.69) is 17.4 Å². The SMILES string of the molecule is CNC(=O)CCc1ccccc1C1(N)CC1. The Morgan fingerprint density at radius 2 is 2.12 bits per heavy atom. The van der Waals surface area contributed by atoms with E-state index in [-0.39, 0.29) is 11.4 Å². The number of carbonyl (C=O) groups is 1. The molecule has 1 aromatic carbocycles. The second-order valence-corrected chi connectivity index (χ2v) is 4.49. The number of hydrogen-bond acceptors (Lipinski definition) is 2. The Balaban J connectivity index is 2.11. The van der Waals surface area contributed by atoms with Gasteiger partial charge in [-0.25, -0.2) is 0 Å². The maximum Gasteiger partial charge on any atom is 0.220 e. The van der Waals surface area contributed by atoms with Crippen molar-refractivity contribution in [2.75, 3.05) is 7.05 Å². The highest BCUT2D eigenvalue weighted by atomic mass is 16.1. The molecule has 86 valence electrons. The number of nitrogens with two attached hydrogens (primary N) is 1. The van der Waals surface area contributed by atoms with Crippen molar-refractivity contribution >= 4 is 5.91 Å². The maximum absolute atomic E-state index is 11.2. The zero-order chi connectivity index (χ0) is 11.6. The van der Waals surface area contributed by atoms with Gasteiger partial charge in [-0.1, -0.05) is 24.3 Å². The largest absolute Gasteiger partial charge is 0.359 e. The van der Waals surface area contributed by atoms with Gasteiger partial charge in [0.15, 0.2) is 0 Å². The first-order valence-electron chi connectivity index (χ1n) is 5.73. The van der Waals surface area contributed by atoms with Gasteiger partial charge in [0, 0.05) is 19.0 Å². The summed E-state index contributed by atoms with van der Waals surface area (Å²) in [4.78, 5) is 11.2. The Morgan fingerprint density at radius 3 is 2.75 bits per heavy atom. The molecule has 1 aromatic rings. The van der Waals surface area contributed by atoms with E-state index in [0.29, 0.717) is 6.42 Å². The number of amides is 1. The third-order valence-electron chi connectivity index (χ3n) is 3.24. The van der Waals surface area contributed by atoms with Crippen LogP contribution in [0.15, 0.2) is 24.3 Å². The molecule has 0 heterocycles. The summed E-state index contributed by atoms with van der Waals surface area (Å²) in [6, 6.07) is 8.19. The molecule has 0 aliphatic heterocycles. The predicted molar refractivity (Wildman–Crippen MR) is 63.9 cm³/mol. The van der Waals surface area contributed by atoms with Gasteiger partial charge in [-0.2, -0.15) is 0 Å². The van der Waals surface area contributed by atoms with Crippen molar-refractivity contribution in [1.29, 1.82) is 0 Å². The number of benzene rings is 1. The van der Waals surface area contributed by atoms with Crippen molar-refractivity contribution in [3.05, 3.63) is 35.4 Å². The second kappa shape index (κ2) is 4.26. The summed E-state index contributed by atoms with van der Waals surface area (Å²) in [5.74, 6) is 0.0803. The lowest BCUT2D eigenvalue weighted by Crippen LogP contribution is -2.22. The highest BCUT2D eigenvalue weighted by Crippen LogP contribution is 2.44. The summed E-state index contributed by atoms with van der Waals surface area (Å²) < 4.78 is 0. The van der Waals surface area contributed by atoms with E-state index in [1.54, 1.807) is 7.05 Å². The van der Waals surface area contributed by atoms with Crippen LogP contribution in [-0.2, 0) is 16.8 Å². The summed E-state index contributed by atoms with van der Waals surface area (Å²) in [6.45, 7) is 0. The average molecular weight is 218 g/mol. The molecular formula is C13H18N2O. The predicted octanol–water partition coefficient (Wildman–Crippen LogP) is 1.31. The standard InChI is InChI=1S/C13H18N2O/c1-15-12(16)7-6-10-4-2-3-5-11(10)13(14)8-9-13/h2-5H,6-9,14H2,1H3,(H,15,16). The molecule has 0 bridgehead atoms. The van der Waals surface area contributed by atoms with Gasteiger partial charge in [-0.15, -0.1) is 0 Å². The monoisotopic (exact) mass is 218 g/mol. The molecule has 0 radical (unpaired) electrons. The van der Waals surface area contributed by atoms with E-state index in [0.717, 1.165) is 19.3 Å². The van der Waals surface area contributed by atoms with Crippen LogP contribution < -0.4 is 11.1 Å². The molecule has 0 aromatic heterocycles. The van der Waals surface area contributed by atoms with E-state index in [9.17, 15) is 4.79 Å². The van der Waals surface area contributed by atoms with Crippen LogP contribution in [-0.4, -0.2) is 13.0 Å². The van der Waals surface area contributed by atoms with Crippen LogP contribution in [0.4, 0.5) is 0 Å². The third kappa shape index (κ3) is 2.25. The highest BCUT2D eigenvalue weighted by molar-refractivity contribution is 5.75. The first-order valence-corrected chi connectivity index (χ1v) is 5.73. The van der Waals surface area contributed by atoms with E-state index >= 15 is 0 Å². The molecular weight excluding hydrogens is 200 g/mol. The lowest BCUT2D eigenvalue weighted by molar-refractivity contribution is -0.120. The van der Waals surface area contributed by atoms with Crippen molar-refractivity contribution in [2.45, 2.75) is 31.2 Å². The van der Waals surface area contributed by atoms with Crippen molar-refractivity contribution in [1.82, 2.24) is 5.32 Å². The number of rotatable bonds is 4. The average Bonchev–Trinajstić information content (AvgIpc) is 3.06. The van der Waals surface area contributed by atoms with Crippen molar-refractivity contribution in [2.24, 2.45) is 5.73 Å². The zero-order valence-electron chi connectivity index (χ0n) is 9.62. The van der Waals surface area contributed by atoms with Crippen molar-refractivity contribution in [3.8, 4) is 0 Å². The van der Waals surface area contributed by atoms with Gasteiger partial charge in [0.1, 0.15) is 0 Å². The zero-order valence-corrected chi connectivity index (χ0v) is 9.62. The van der Waals surface area contributed by atoms with E-state index in [4.69, 9.17) is 5.73 Å². The summed E-state index contributed by atoms with van der Waals surface area (Å²) >= 11 is 0. The third-order valence-corrected chi connectivity index (χ3v) is 3.24. The minimum absolute atomic E-state index is 0.0803. The fraction of sp³-hybridized carbons (Fsp3) is 0.462. The molecule has 3 heteroatoms. The fourth-order valence-electron chi connectivity index (χ4n) is 2.00. The van der Waals surface area contributed by atoms with Gasteiger partial charge in [-0.3, -0.25) is 4.79 Å². The van der Waals surface area contributed by atoms with E-state index in [1.807, 2.05) is 12.1 Å². The van der Waals surface area contributed by atoms with Gasteiger partial charge in [0.2, 0.25) is 5.91 Å². The molecule has 3 N–H and O–H groups in total. The molecule has 1 aliphatic carbocycles. The Morgan fingerprint density at radius 1 is 1.44 bits per heavy atom. The van der Waals surface area contributed by atoms with E-state index in [1.165, 1.54) is 11.1 Å². The Labute approximate surface area is 96.0 Å². The Hall–Kier alpha value is -1.35. The van der Waals surface area contributed by atoms with Crippen LogP contribution >= 0.6 is 0 Å². The van der Waals surface area contributed by atoms with E-state index < -0.39 is 0 Å². The van der Waals surface area contributed by atoms with Crippen LogP contribution in [0.3, 0.4) is 0 Å². The lowest BCUT2D eigenvalue weighted by atomic mass is 9.96. The molecule has 0 spiro atoms. The van der Waals surface area contributed by atoms with Gasteiger partial charge >= 0.3 is 0 Å². The molecule has 3 nitrogen and oxygen atoms in total. The summed E-state index contributed by atoms with van der Waals surface area (Å²) in [7, 11) is 1.67. The van der Waals surface area contributed by atoms with Gasteiger partial charge in [0.05, 0.1) is 0 Å². The Bertz CT molecular complexity index is 397. The van der Waals surface area contributed by atoms with Crippen LogP contribution in [0.5, 0.6) is 0 Å². The van der Waals surface area contributed by atoms with Crippen molar-refractivity contribution < 1.29 is 4.79 Å². The maximum atomic E-state index is 11.2. The first kappa shape index (κ1) is 11.1. The molecule has 16 heavy (non-hydrogen) atoms. The van der Waals surface area contributed by atoms with Gasteiger partial charge < -0.3 is 11.1 Å². The summed E-state index contributed by atoms with van der Waals surface area (Å²) in [5, 5.41) is 2.64. The number of aryl methyl sites for hydroxylation is 1. The van der Waals surface area contributed by atoms with Gasteiger partial charge in [0.25, 0.3) is 0 Å². The molecule has 1 aliphatic rings. The number of carbonyl (C=O) groups excluding carboxylic acids is 1. The minimum atomic E-state index is -0.112. The van der Waals surface area contributed by atoms with Gasteiger partial charge in [-0.05, 0) is 30.4 Å². The number of nitrogens with one attached hydrogen (secondary N) is 1. The Kier molecular flexibility index (Phi) is 2.97. The molecule has 0 unspecified atom stereocenters. The topological polar surface area (TPSA) is 55.1 Å². The summed E-state index contributed by atoms with van der Waals surface area (Å²) in [6.07, 6.45) is 3.42. The quantitative estimate of drug-likeness (QED) is 0.800. The molecule has 1 fully saturated rings. The van der Waals surface area contributed by atoms with Crippen LogP contribution in [0.2, 0.25) is 0 Å². The minimum Gasteiger partial charge on any atom is -0.359 e. The van der Waals surface area contributed by atoms with Crippen molar-refractivity contribution in [3.63, 3.8) is 0 Å². The molecule has 2 rings (SSSR count). The molecule has 0 atom stereocenters. The van der Waals surface area contributed by atoms with Crippen LogP contribution in [0, 0.1) is 0 Å². The summed E-state index contributed by atoms with van der Waals surface area (Å²) in [5.41, 5.74) is 8.53. The fourth-order valence-corrected chi connectivity index (χ4v) is 2.00. The van der Waals surface area contributed by atoms with Crippen LogP contribution in [0.1, 0.15) is 30.4 Å². The molecule has 1 amide bonds. The number of hydrogen-bond donors (Lipinski definition) is 2. The second-order valence-electron chi connectivity index (χ2n) is 4.49. The first-order chi connectivity index (χ1) is 7.65. The molecule has 1 saturated carbocycles. The van der Waals surface area contributed by atoms with Crippen LogP contribution in [0.25, 0.3) is 0 Å².